The van der Waals surface area contributed by atoms with Crippen LogP contribution >= 0.6 is 7.82 Å². The fourth-order valence-electron chi connectivity index (χ4n) is 5.19. The number of likely N-dealkylation sites (tertiary alicyclic amines) is 1. The predicted octanol–water partition coefficient (Wildman–Crippen LogP) is 9.07. The highest BCUT2D eigenvalue weighted by Gasteiger charge is 2.39. The zero-order valence-electron chi connectivity index (χ0n) is 25.7. The quantitative estimate of drug-likeness (QED) is 0.0950. The number of nitrogens with zero attached hydrogens (tertiary/aromatic N) is 1. The van der Waals surface area contributed by atoms with Crippen molar-refractivity contribution in [1.29, 1.82) is 0 Å². The Morgan fingerprint density at radius 3 is 1.70 bits per heavy atom. The summed E-state index contributed by atoms with van der Waals surface area (Å²) in [5.41, 5.74) is 4.09. The molecule has 1 saturated heterocycles. The number of carbonyl (C=O) groups is 1. The van der Waals surface area contributed by atoms with Crippen molar-refractivity contribution in [3.63, 3.8) is 0 Å². The molecule has 0 aromatic heterocycles. The average molecular weight is 606 g/mol. The lowest BCUT2D eigenvalue weighted by atomic mass is 10.0. The SMILES string of the molecule is CCCCCCCCCCCc1ccc(CC(=O)N2CC(OP(=O)(OCc3ccccc3)OCc3ccccc3)C2)cc1. The minimum atomic E-state index is -3.86. The van der Waals surface area contributed by atoms with Crippen molar-refractivity contribution < 1.29 is 22.9 Å². The van der Waals surface area contributed by atoms with E-state index < -0.39 is 13.9 Å². The van der Waals surface area contributed by atoms with E-state index in [-0.39, 0.29) is 19.1 Å². The Labute approximate surface area is 258 Å². The van der Waals surface area contributed by atoms with E-state index in [1.54, 1.807) is 4.90 Å². The van der Waals surface area contributed by atoms with E-state index in [2.05, 4.69) is 31.2 Å². The van der Waals surface area contributed by atoms with Gasteiger partial charge in [0.05, 0.1) is 19.6 Å². The molecule has 4 rings (SSSR count). The second kappa shape index (κ2) is 18.1. The highest BCUT2D eigenvalue weighted by atomic mass is 31.2. The van der Waals surface area contributed by atoms with E-state index in [0.29, 0.717) is 19.5 Å². The molecule has 0 bridgehead atoms. The molecule has 0 spiro atoms. The molecule has 43 heavy (non-hydrogen) atoms. The number of phosphoric acid groups is 1. The smallest absolute Gasteiger partial charge is 0.337 e. The molecule has 0 N–H and O–H groups in total. The van der Waals surface area contributed by atoms with Crippen molar-refractivity contribution in [1.82, 2.24) is 4.90 Å². The first kappa shape index (κ1) is 33.1. The summed E-state index contributed by atoms with van der Waals surface area (Å²) in [6.45, 7) is 3.21. The largest absolute Gasteiger partial charge is 0.475 e. The van der Waals surface area contributed by atoms with Gasteiger partial charge in [-0.15, -0.1) is 0 Å². The minimum Gasteiger partial charge on any atom is -0.337 e. The molecule has 0 atom stereocenters. The Morgan fingerprint density at radius 1 is 0.674 bits per heavy atom. The lowest BCUT2D eigenvalue weighted by Gasteiger charge is -2.39. The molecule has 0 radical (unpaired) electrons. The van der Waals surface area contributed by atoms with Gasteiger partial charge in [-0.2, -0.15) is 0 Å². The Balaban J connectivity index is 1.17. The lowest BCUT2D eigenvalue weighted by molar-refractivity contribution is -0.140. The average Bonchev–Trinajstić information content (AvgIpc) is 3.02. The summed E-state index contributed by atoms with van der Waals surface area (Å²) in [5, 5.41) is 0. The number of unbranched alkanes of at least 4 members (excludes halogenated alkanes) is 8. The lowest BCUT2D eigenvalue weighted by Crippen LogP contribution is -2.54. The maximum atomic E-state index is 13.6. The molecular weight excluding hydrogens is 557 g/mol. The molecule has 1 heterocycles. The van der Waals surface area contributed by atoms with Crippen LogP contribution in [0.3, 0.4) is 0 Å². The zero-order valence-corrected chi connectivity index (χ0v) is 26.6. The van der Waals surface area contributed by atoms with Crippen molar-refractivity contribution >= 4 is 13.7 Å². The van der Waals surface area contributed by atoms with E-state index in [1.165, 1.54) is 63.4 Å². The van der Waals surface area contributed by atoms with E-state index in [9.17, 15) is 9.36 Å². The molecule has 1 aliphatic heterocycles. The normalized spacial score (nSPS) is 13.7. The van der Waals surface area contributed by atoms with E-state index in [1.807, 2.05) is 60.7 Å². The first-order chi connectivity index (χ1) is 21.0. The van der Waals surface area contributed by atoms with Crippen LogP contribution in [-0.4, -0.2) is 30.0 Å². The van der Waals surface area contributed by atoms with Crippen LogP contribution in [0.25, 0.3) is 0 Å². The Kier molecular flexibility index (Phi) is 14.0. The summed E-state index contributed by atoms with van der Waals surface area (Å²) in [4.78, 5) is 14.6. The molecule has 3 aromatic carbocycles. The maximum Gasteiger partial charge on any atom is 0.475 e. The summed E-state index contributed by atoms with van der Waals surface area (Å²) in [7, 11) is -3.86. The fraction of sp³-hybridized carbons (Fsp3) is 0.472. The molecule has 1 amide bonds. The number of aryl methyl sites for hydroxylation is 1. The Bertz CT molecular complexity index is 1200. The van der Waals surface area contributed by atoms with E-state index >= 15 is 0 Å². The standard InChI is InChI=1S/C36H48NO5P/c1-2-3-4-5-6-7-8-9-12-17-31-22-24-32(25-23-31)26-36(38)37-27-35(28-37)42-43(39,40-29-33-18-13-10-14-19-33)41-30-34-20-15-11-16-21-34/h10-11,13-16,18-25,35H,2-9,12,17,26-30H2,1H3. The number of phosphoric ester groups is 1. The molecule has 0 saturated carbocycles. The number of carbonyl (C=O) groups excluding carboxylic acids is 1. The van der Waals surface area contributed by atoms with Crippen molar-refractivity contribution in [2.24, 2.45) is 0 Å². The van der Waals surface area contributed by atoms with Gasteiger partial charge in [0.2, 0.25) is 5.91 Å². The number of hydrogen-bond acceptors (Lipinski definition) is 5. The van der Waals surface area contributed by atoms with Gasteiger partial charge >= 0.3 is 7.82 Å². The van der Waals surface area contributed by atoms with Gasteiger partial charge in [-0.1, -0.05) is 143 Å². The summed E-state index contributed by atoms with van der Waals surface area (Å²) in [6, 6.07) is 27.5. The van der Waals surface area contributed by atoms with Gasteiger partial charge in [0, 0.05) is 13.1 Å². The summed E-state index contributed by atoms with van der Waals surface area (Å²) in [5.74, 6) is 0.0387. The van der Waals surface area contributed by atoms with Crippen molar-refractivity contribution in [2.75, 3.05) is 13.1 Å². The van der Waals surface area contributed by atoms with Crippen LogP contribution in [0.4, 0.5) is 0 Å². The van der Waals surface area contributed by atoms with Gasteiger partial charge in [-0.3, -0.25) is 18.4 Å². The second-order valence-corrected chi connectivity index (χ2v) is 13.2. The fourth-order valence-corrected chi connectivity index (χ4v) is 6.50. The summed E-state index contributed by atoms with van der Waals surface area (Å²) < 4.78 is 30.9. The zero-order chi connectivity index (χ0) is 30.2. The van der Waals surface area contributed by atoms with Crippen LogP contribution in [-0.2, 0) is 49.0 Å². The molecule has 6 nitrogen and oxygen atoms in total. The van der Waals surface area contributed by atoms with Gasteiger partial charge in [0.25, 0.3) is 0 Å². The van der Waals surface area contributed by atoms with Gasteiger partial charge in [-0.25, -0.2) is 4.57 Å². The van der Waals surface area contributed by atoms with Crippen molar-refractivity contribution in [2.45, 2.75) is 96.9 Å². The Morgan fingerprint density at radius 2 is 1.16 bits per heavy atom. The highest BCUT2D eigenvalue weighted by Crippen LogP contribution is 2.53. The van der Waals surface area contributed by atoms with E-state index in [0.717, 1.165) is 23.1 Å². The first-order valence-corrected chi connectivity index (χ1v) is 17.5. The molecule has 0 unspecified atom stereocenters. The molecule has 7 heteroatoms. The second-order valence-electron chi connectivity index (χ2n) is 11.6. The number of amides is 1. The van der Waals surface area contributed by atoms with Crippen molar-refractivity contribution in [3.05, 3.63) is 107 Å². The van der Waals surface area contributed by atoms with Gasteiger partial charge in [0.15, 0.2) is 0 Å². The van der Waals surface area contributed by atoms with Crippen LogP contribution in [0.1, 0.15) is 87.0 Å². The van der Waals surface area contributed by atoms with Crippen LogP contribution in [0, 0.1) is 0 Å². The molecule has 3 aromatic rings. The maximum absolute atomic E-state index is 13.6. The monoisotopic (exact) mass is 605 g/mol. The van der Waals surface area contributed by atoms with Crippen molar-refractivity contribution in [3.8, 4) is 0 Å². The number of hydrogen-bond donors (Lipinski definition) is 0. The van der Waals surface area contributed by atoms with Gasteiger partial charge in [-0.05, 0) is 35.1 Å². The third-order valence-corrected chi connectivity index (χ3v) is 9.34. The molecule has 232 valence electrons. The first-order valence-electron chi connectivity index (χ1n) is 16.0. The Hall–Kier alpha value is -2.76. The molecule has 0 aliphatic carbocycles. The topological polar surface area (TPSA) is 65.1 Å². The van der Waals surface area contributed by atoms with Crippen LogP contribution in [0.2, 0.25) is 0 Å². The van der Waals surface area contributed by atoms with Crippen LogP contribution in [0.15, 0.2) is 84.9 Å². The van der Waals surface area contributed by atoms with Gasteiger partial charge < -0.3 is 4.90 Å². The summed E-state index contributed by atoms with van der Waals surface area (Å²) in [6.07, 6.45) is 13.0. The number of benzene rings is 3. The minimum absolute atomic E-state index is 0.0387. The third kappa shape index (κ3) is 12.0. The molecule has 1 fully saturated rings. The number of rotatable bonds is 20. The highest BCUT2D eigenvalue weighted by molar-refractivity contribution is 7.48. The van der Waals surface area contributed by atoms with Crippen LogP contribution < -0.4 is 0 Å². The molecule has 1 aliphatic rings. The van der Waals surface area contributed by atoms with E-state index in [4.69, 9.17) is 13.6 Å². The summed E-state index contributed by atoms with van der Waals surface area (Å²) >= 11 is 0. The third-order valence-electron chi connectivity index (χ3n) is 7.89. The molecular formula is C36H48NO5P. The predicted molar refractivity (Wildman–Crippen MR) is 173 cm³/mol. The van der Waals surface area contributed by atoms with Crippen LogP contribution in [0.5, 0.6) is 0 Å². The van der Waals surface area contributed by atoms with Gasteiger partial charge in [0.1, 0.15) is 6.10 Å².